The quantitative estimate of drug-likeness (QED) is 0.575. The summed E-state index contributed by atoms with van der Waals surface area (Å²) in [5.41, 5.74) is 0.370. The predicted octanol–water partition coefficient (Wildman–Crippen LogP) is 0.944. The van der Waals surface area contributed by atoms with Crippen molar-refractivity contribution in [2.45, 2.75) is 19.4 Å². The Morgan fingerprint density at radius 3 is 2.20 bits per heavy atom. The zero-order chi connectivity index (χ0) is 19.0. The highest BCUT2D eigenvalue weighted by atomic mass is 16.5. The Hall–Kier alpha value is -2.90. The Bertz CT molecular complexity index is 656. The van der Waals surface area contributed by atoms with Gasteiger partial charge in [0.2, 0.25) is 0 Å². The van der Waals surface area contributed by atoms with E-state index in [1.165, 1.54) is 45.6 Å². The molecule has 136 valence electrons. The van der Waals surface area contributed by atoms with E-state index in [-0.39, 0.29) is 17.5 Å². The first kappa shape index (κ1) is 20.1. The van der Waals surface area contributed by atoms with Crippen LogP contribution in [0.25, 0.3) is 0 Å². The van der Waals surface area contributed by atoms with Crippen molar-refractivity contribution >= 4 is 23.8 Å². The first-order valence-corrected chi connectivity index (χ1v) is 7.47. The fourth-order valence-corrected chi connectivity index (χ4v) is 2.15. The molecule has 8 nitrogen and oxygen atoms in total. The van der Waals surface area contributed by atoms with Crippen LogP contribution in [0.15, 0.2) is 24.3 Å². The number of hydrogen-bond acceptors (Lipinski definition) is 7. The number of ether oxygens (including phenoxy) is 3. The standard InChI is InChI=1S/C17H21NO7/c1-10(8-13(19)23-2)14(17(22)25-4)18-15(20)11-6-5-7-12(9-11)16(21)24-3/h5-7,9-10,14H,8H2,1-4H3,(H,18,20)/t10-,14+/m1/s1. The molecule has 1 rings (SSSR count). The van der Waals surface area contributed by atoms with Crippen LogP contribution in [-0.2, 0) is 23.8 Å². The summed E-state index contributed by atoms with van der Waals surface area (Å²) in [6.45, 7) is 1.61. The van der Waals surface area contributed by atoms with Crippen molar-refractivity contribution in [1.82, 2.24) is 5.32 Å². The van der Waals surface area contributed by atoms with Gasteiger partial charge in [0.25, 0.3) is 5.91 Å². The molecular weight excluding hydrogens is 330 g/mol. The van der Waals surface area contributed by atoms with Crippen molar-refractivity contribution in [2.75, 3.05) is 21.3 Å². The minimum Gasteiger partial charge on any atom is -0.469 e. The highest BCUT2D eigenvalue weighted by molar-refractivity contribution is 5.99. The minimum atomic E-state index is -1.04. The second-order valence-electron chi connectivity index (χ2n) is 5.30. The average Bonchev–Trinajstić information content (AvgIpc) is 2.64. The first-order chi connectivity index (χ1) is 11.8. The molecule has 0 spiro atoms. The SMILES string of the molecule is COC(=O)C[C@@H](C)[C@H](NC(=O)c1cccc(C(=O)OC)c1)C(=O)OC. The van der Waals surface area contributed by atoms with Crippen molar-refractivity contribution in [3.8, 4) is 0 Å². The van der Waals surface area contributed by atoms with Crippen LogP contribution >= 0.6 is 0 Å². The topological polar surface area (TPSA) is 108 Å². The van der Waals surface area contributed by atoms with E-state index in [2.05, 4.69) is 19.5 Å². The van der Waals surface area contributed by atoms with E-state index in [9.17, 15) is 19.2 Å². The number of methoxy groups -OCH3 is 3. The molecule has 0 unspecified atom stereocenters. The molecule has 0 aromatic heterocycles. The number of rotatable bonds is 7. The van der Waals surface area contributed by atoms with Crippen LogP contribution in [-0.4, -0.2) is 51.2 Å². The molecule has 2 atom stereocenters. The zero-order valence-electron chi connectivity index (χ0n) is 14.5. The molecule has 0 aliphatic carbocycles. The first-order valence-electron chi connectivity index (χ1n) is 7.47. The van der Waals surface area contributed by atoms with Crippen molar-refractivity contribution < 1.29 is 33.4 Å². The lowest BCUT2D eigenvalue weighted by Gasteiger charge is -2.22. The maximum absolute atomic E-state index is 12.4. The van der Waals surface area contributed by atoms with Gasteiger partial charge in [-0.1, -0.05) is 13.0 Å². The monoisotopic (exact) mass is 351 g/mol. The molecule has 1 aromatic carbocycles. The van der Waals surface area contributed by atoms with E-state index in [4.69, 9.17) is 0 Å². The van der Waals surface area contributed by atoms with Crippen LogP contribution < -0.4 is 5.32 Å². The van der Waals surface area contributed by atoms with Gasteiger partial charge in [-0.3, -0.25) is 9.59 Å². The van der Waals surface area contributed by atoms with Gasteiger partial charge in [-0.2, -0.15) is 0 Å². The molecule has 0 radical (unpaired) electrons. The molecular formula is C17H21NO7. The van der Waals surface area contributed by atoms with Crippen LogP contribution in [0.4, 0.5) is 0 Å². The Kier molecular flexibility index (Phi) is 7.58. The summed E-state index contributed by atoms with van der Waals surface area (Å²) >= 11 is 0. The number of esters is 3. The summed E-state index contributed by atoms with van der Waals surface area (Å²) in [6.07, 6.45) is -0.0707. The van der Waals surface area contributed by atoms with Crippen molar-refractivity contribution in [1.29, 1.82) is 0 Å². The Morgan fingerprint density at radius 2 is 1.64 bits per heavy atom. The normalized spacial score (nSPS) is 12.5. The van der Waals surface area contributed by atoms with Crippen molar-refractivity contribution in [3.05, 3.63) is 35.4 Å². The second-order valence-corrected chi connectivity index (χ2v) is 5.30. The highest BCUT2D eigenvalue weighted by Crippen LogP contribution is 2.13. The van der Waals surface area contributed by atoms with Crippen LogP contribution in [0.3, 0.4) is 0 Å². The largest absolute Gasteiger partial charge is 0.469 e. The third kappa shape index (κ3) is 5.59. The van der Waals surface area contributed by atoms with Gasteiger partial charge in [-0.25, -0.2) is 9.59 Å². The van der Waals surface area contributed by atoms with E-state index in [1.54, 1.807) is 6.92 Å². The molecule has 1 aromatic rings. The Labute approximate surface area is 145 Å². The van der Waals surface area contributed by atoms with Gasteiger partial charge in [-0.05, 0) is 24.1 Å². The van der Waals surface area contributed by atoms with Crippen molar-refractivity contribution in [2.24, 2.45) is 5.92 Å². The van der Waals surface area contributed by atoms with Gasteiger partial charge in [0.05, 0.1) is 33.3 Å². The molecule has 0 heterocycles. The maximum Gasteiger partial charge on any atom is 0.337 e. The zero-order valence-corrected chi connectivity index (χ0v) is 14.5. The van der Waals surface area contributed by atoms with Gasteiger partial charge in [0.15, 0.2) is 0 Å². The highest BCUT2D eigenvalue weighted by Gasteiger charge is 2.30. The van der Waals surface area contributed by atoms with E-state index < -0.39 is 35.8 Å². The second kappa shape index (κ2) is 9.41. The number of amides is 1. The number of carbonyl (C=O) groups is 4. The maximum atomic E-state index is 12.4. The van der Waals surface area contributed by atoms with Crippen LogP contribution in [0.5, 0.6) is 0 Å². The molecule has 1 amide bonds. The van der Waals surface area contributed by atoms with Crippen LogP contribution in [0, 0.1) is 5.92 Å². The molecule has 0 saturated carbocycles. The lowest BCUT2D eigenvalue weighted by Crippen LogP contribution is -2.46. The minimum absolute atomic E-state index is 0.0707. The number of hydrogen-bond donors (Lipinski definition) is 1. The molecule has 0 aliphatic heterocycles. The molecule has 8 heteroatoms. The summed E-state index contributed by atoms with van der Waals surface area (Å²) in [5, 5.41) is 2.52. The molecule has 0 aliphatic rings. The molecule has 0 saturated heterocycles. The number of carbonyl (C=O) groups excluding carboxylic acids is 4. The fourth-order valence-electron chi connectivity index (χ4n) is 2.15. The third-order valence-corrected chi connectivity index (χ3v) is 3.57. The Balaban J connectivity index is 2.96. The van der Waals surface area contributed by atoms with Gasteiger partial charge in [0, 0.05) is 5.56 Å². The summed E-state index contributed by atoms with van der Waals surface area (Å²) in [6, 6.07) is 4.81. The summed E-state index contributed by atoms with van der Waals surface area (Å²) in [5.74, 6) is -2.92. The average molecular weight is 351 g/mol. The van der Waals surface area contributed by atoms with Crippen LogP contribution in [0.1, 0.15) is 34.1 Å². The third-order valence-electron chi connectivity index (χ3n) is 3.57. The van der Waals surface area contributed by atoms with Crippen molar-refractivity contribution in [3.63, 3.8) is 0 Å². The van der Waals surface area contributed by atoms with Gasteiger partial charge in [0.1, 0.15) is 6.04 Å². The fraction of sp³-hybridized carbons (Fsp3) is 0.412. The van der Waals surface area contributed by atoms with E-state index in [0.717, 1.165) is 0 Å². The van der Waals surface area contributed by atoms with E-state index >= 15 is 0 Å². The Morgan fingerprint density at radius 1 is 1.00 bits per heavy atom. The molecule has 0 fully saturated rings. The lowest BCUT2D eigenvalue weighted by molar-refractivity contribution is -0.146. The summed E-state index contributed by atoms with van der Waals surface area (Å²) < 4.78 is 13.9. The van der Waals surface area contributed by atoms with Crippen LogP contribution in [0.2, 0.25) is 0 Å². The predicted molar refractivity (Wildman–Crippen MR) is 86.8 cm³/mol. The van der Waals surface area contributed by atoms with Gasteiger partial charge < -0.3 is 19.5 Å². The lowest BCUT2D eigenvalue weighted by atomic mass is 9.97. The summed E-state index contributed by atoms with van der Waals surface area (Å²) in [7, 11) is 3.65. The summed E-state index contributed by atoms with van der Waals surface area (Å²) in [4.78, 5) is 47.3. The number of benzene rings is 1. The van der Waals surface area contributed by atoms with Gasteiger partial charge >= 0.3 is 17.9 Å². The van der Waals surface area contributed by atoms with E-state index in [1.807, 2.05) is 0 Å². The number of nitrogens with one attached hydrogen (secondary N) is 1. The smallest absolute Gasteiger partial charge is 0.337 e. The van der Waals surface area contributed by atoms with Gasteiger partial charge in [-0.15, -0.1) is 0 Å². The molecule has 25 heavy (non-hydrogen) atoms. The molecule has 0 bridgehead atoms. The van der Waals surface area contributed by atoms with E-state index in [0.29, 0.717) is 0 Å². The molecule has 1 N–H and O–H groups in total.